The zero-order chi connectivity index (χ0) is 13.2. The van der Waals surface area contributed by atoms with E-state index in [4.69, 9.17) is 16.3 Å². The zero-order valence-corrected chi connectivity index (χ0v) is 12.5. The fraction of sp³-hybridized carbons (Fsp3) is 0.286. The quantitative estimate of drug-likeness (QED) is 0.777. The van der Waals surface area contributed by atoms with Crippen LogP contribution in [0.2, 0.25) is 5.02 Å². The predicted molar refractivity (Wildman–Crippen MR) is 77.5 cm³/mol. The summed E-state index contributed by atoms with van der Waals surface area (Å²) in [6, 6.07) is 9.39. The van der Waals surface area contributed by atoms with Crippen LogP contribution >= 0.6 is 27.5 Å². The molecule has 5 heteroatoms. The van der Waals surface area contributed by atoms with Crippen molar-refractivity contribution in [2.45, 2.75) is 25.4 Å². The van der Waals surface area contributed by atoms with Crippen molar-refractivity contribution in [1.29, 1.82) is 0 Å². The Morgan fingerprint density at radius 2 is 1.95 bits per heavy atom. The van der Waals surface area contributed by atoms with Gasteiger partial charge in [0.2, 0.25) is 5.88 Å². The van der Waals surface area contributed by atoms with Crippen molar-refractivity contribution in [3.8, 4) is 5.88 Å². The highest BCUT2D eigenvalue weighted by Crippen LogP contribution is 2.39. The molecule has 19 heavy (non-hydrogen) atoms. The first-order valence-electron chi connectivity index (χ1n) is 6.12. The Hall–Kier alpha value is -1.13. The van der Waals surface area contributed by atoms with Gasteiger partial charge < -0.3 is 4.74 Å². The average Bonchev–Trinajstić information content (AvgIpc) is 3.22. The van der Waals surface area contributed by atoms with Gasteiger partial charge in [0.1, 0.15) is 17.0 Å². The highest BCUT2D eigenvalue weighted by Gasteiger charge is 2.27. The number of halogens is 2. The molecule has 1 aromatic heterocycles. The van der Waals surface area contributed by atoms with Crippen LogP contribution in [0.5, 0.6) is 5.88 Å². The number of hydrogen-bond acceptors (Lipinski definition) is 3. The SMILES string of the molecule is Clc1ccc(COc2cc(Br)nc(C3CC3)n2)cc1. The molecule has 0 saturated heterocycles. The first kappa shape index (κ1) is 12.9. The van der Waals surface area contributed by atoms with Gasteiger partial charge >= 0.3 is 0 Å². The summed E-state index contributed by atoms with van der Waals surface area (Å²) in [5.74, 6) is 1.99. The molecule has 2 aromatic rings. The molecule has 0 amide bonds. The molecule has 0 bridgehead atoms. The van der Waals surface area contributed by atoms with Crippen molar-refractivity contribution in [2.75, 3.05) is 0 Å². The smallest absolute Gasteiger partial charge is 0.218 e. The second-order valence-electron chi connectivity index (χ2n) is 4.58. The van der Waals surface area contributed by atoms with Crippen LogP contribution in [-0.2, 0) is 6.61 Å². The summed E-state index contributed by atoms with van der Waals surface area (Å²) < 4.78 is 6.48. The molecule has 0 atom stereocenters. The van der Waals surface area contributed by atoms with Crippen LogP contribution in [0.4, 0.5) is 0 Å². The highest BCUT2D eigenvalue weighted by molar-refractivity contribution is 9.10. The van der Waals surface area contributed by atoms with Gasteiger partial charge in [-0.3, -0.25) is 0 Å². The fourth-order valence-corrected chi connectivity index (χ4v) is 2.25. The molecule has 1 aromatic carbocycles. The molecule has 3 rings (SSSR count). The molecule has 98 valence electrons. The summed E-state index contributed by atoms with van der Waals surface area (Å²) in [6.07, 6.45) is 2.35. The Bertz CT molecular complexity index is 584. The first-order valence-corrected chi connectivity index (χ1v) is 7.29. The number of rotatable bonds is 4. The second kappa shape index (κ2) is 5.47. The summed E-state index contributed by atoms with van der Waals surface area (Å²) in [5, 5.41) is 0.726. The molecule has 1 fully saturated rings. The van der Waals surface area contributed by atoms with E-state index in [0.717, 1.165) is 21.0 Å². The van der Waals surface area contributed by atoms with Crippen molar-refractivity contribution < 1.29 is 4.74 Å². The Balaban J connectivity index is 1.70. The van der Waals surface area contributed by atoms with Gasteiger partial charge in [0.25, 0.3) is 0 Å². The third kappa shape index (κ3) is 3.45. The summed E-state index contributed by atoms with van der Waals surface area (Å²) in [4.78, 5) is 8.81. The van der Waals surface area contributed by atoms with E-state index in [1.807, 2.05) is 24.3 Å². The molecule has 0 N–H and O–H groups in total. The lowest BCUT2D eigenvalue weighted by Gasteiger charge is -2.07. The average molecular weight is 340 g/mol. The van der Waals surface area contributed by atoms with Gasteiger partial charge in [-0.1, -0.05) is 23.7 Å². The Morgan fingerprint density at radius 1 is 1.21 bits per heavy atom. The lowest BCUT2D eigenvalue weighted by Crippen LogP contribution is -2.01. The minimum absolute atomic E-state index is 0.477. The maximum absolute atomic E-state index is 5.84. The molecule has 3 nitrogen and oxygen atoms in total. The molecular weight excluding hydrogens is 328 g/mol. The van der Waals surface area contributed by atoms with Crippen LogP contribution < -0.4 is 4.74 Å². The molecule has 0 aliphatic heterocycles. The van der Waals surface area contributed by atoms with Crippen LogP contribution in [-0.4, -0.2) is 9.97 Å². The maximum Gasteiger partial charge on any atom is 0.218 e. The standard InChI is InChI=1S/C14H12BrClN2O/c15-12-7-13(18-14(17-12)10-3-4-10)19-8-9-1-5-11(16)6-2-9/h1-2,5-7,10H,3-4,8H2. The third-order valence-corrected chi connectivity index (χ3v) is 3.59. The Labute approximate surface area is 125 Å². The third-order valence-electron chi connectivity index (χ3n) is 2.93. The van der Waals surface area contributed by atoms with E-state index in [9.17, 15) is 0 Å². The van der Waals surface area contributed by atoms with Crippen LogP contribution in [0, 0.1) is 0 Å². The summed E-state index contributed by atoms with van der Waals surface area (Å²) in [7, 11) is 0. The fourth-order valence-electron chi connectivity index (χ4n) is 1.75. The van der Waals surface area contributed by atoms with Crippen LogP contribution in [0.15, 0.2) is 34.9 Å². The molecule has 1 saturated carbocycles. The van der Waals surface area contributed by atoms with Crippen molar-refractivity contribution >= 4 is 27.5 Å². The lowest BCUT2D eigenvalue weighted by atomic mass is 10.2. The molecule has 1 heterocycles. The molecular formula is C14H12BrClN2O. The lowest BCUT2D eigenvalue weighted by molar-refractivity contribution is 0.292. The van der Waals surface area contributed by atoms with E-state index in [-0.39, 0.29) is 0 Å². The molecule has 0 unspecified atom stereocenters. The van der Waals surface area contributed by atoms with Gasteiger partial charge in [-0.25, -0.2) is 4.98 Å². The topological polar surface area (TPSA) is 35.0 Å². The predicted octanol–water partition coefficient (Wildman–Crippen LogP) is 4.35. The van der Waals surface area contributed by atoms with Crippen molar-refractivity contribution in [3.63, 3.8) is 0 Å². The second-order valence-corrected chi connectivity index (χ2v) is 5.83. The summed E-state index contributed by atoms with van der Waals surface area (Å²) >= 11 is 9.24. The highest BCUT2D eigenvalue weighted by atomic mass is 79.9. The first-order chi connectivity index (χ1) is 9.20. The van der Waals surface area contributed by atoms with E-state index in [1.54, 1.807) is 6.07 Å². The number of hydrogen-bond donors (Lipinski definition) is 0. The normalized spacial score (nSPS) is 14.4. The van der Waals surface area contributed by atoms with E-state index in [0.29, 0.717) is 18.4 Å². The maximum atomic E-state index is 5.84. The van der Waals surface area contributed by atoms with Gasteiger partial charge in [-0.05, 0) is 46.5 Å². The molecule has 1 aliphatic carbocycles. The van der Waals surface area contributed by atoms with Gasteiger partial charge in [0, 0.05) is 17.0 Å². The number of ether oxygens (including phenoxy) is 1. The molecule has 0 radical (unpaired) electrons. The van der Waals surface area contributed by atoms with Gasteiger partial charge in [-0.2, -0.15) is 4.98 Å². The monoisotopic (exact) mass is 338 g/mol. The van der Waals surface area contributed by atoms with Gasteiger partial charge in [0.05, 0.1) is 0 Å². The molecule has 1 aliphatic rings. The Morgan fingerprint density at radius 3 is 2.63 bits per heavy atom. The minimum atomic E-state index is 0.477. The van der Waals surface area contributed by atoms with Crippen LogP contribution in [0.25, 0.3) is 0 Å². The molecule has 0 spiro atoms. The van der Waals surface area contributed by atoms with Crippen LogP contribution in [0.1, 0.15) is 30.1 Å². The van der Waals surface area contributed by atoms with E-state index >= 15 is 0 Å². The number of aromatic nitrogens is 2. The van der Waals surface area contributed by atoms with Crippen LogP contribution in [0.3, 0.4) is 0 Å². The van der Waals surface area contributed by atoms with E-state index in [1.165, 1.54) is 12.8 Å². The summed E-state index contributed by atoms with van der Waals surface area (Å²) in [5.41, 5.74) is 1.06. The van der Waals surface area contributed by atoms with Gasteiger partial charge in [0.15, 0.2) is 0 Å². The minimum Gasteiger partial charge on any atom is -0.473 e. The number of nitrogens with zero attached hydrogens (tertiary/aromatic N) is 2. The van der Waals surface area contributed by atoms with Crippen molar-refractivity contribution in [1.82, 2.24) is 9.97 Å². The van der Waals surface area contributed by atoms with Gasteiger partial charge in [-0.15, -0.1) is 0 Å². The summed E-state index contributed by atoms with van der Waals surface area (Å²) in [6.45, 7) is 0.477. The van der Waals surface area contributed by atoms with Crippen molar-refractivity contribution in [3.05, 3.63) is 51.3 Å². The Kier molecular flexibility index (Phi) is 3.71. The van der Waals surface area contributed by atoms with E-state index in [2.05, 4.69) is 25.9 Å². The van der Waals surface area contributed by atoms with Crippen molar-refractivity contribution in [2.24, 2.45) is 0 Å². The zero-order valence-electron chi connectivity index (χ0n) is 10.1. The number of benzene rings is 1. The largest absolute Gasteiger partial charge is 0.473 e. The van der Waals surface area contributed by atoms with E-state index < -0.39 is 0 Å².